The van der Waals surface area contributed by atoms with Gasteiger partial charge in [0.05, 0.1) is 5.75 Å². The minimum atomic E-state index is -0.151. The smallest absolute Gasteiger partial charge is 0.255 e. The summed E-state index contributed by atoms with van der Waals surface area (Å²) in [7, 11) is 0. The Morgan fingerprint density at radius 3 is 2.55 bits per heavy atom. The minimum Gasteiger partial charge on any atom is -0.322 e. The molecule has 0 aliphatic heterocycles. The van der Waals surface area contributed by atoms with E-state index in [2.05, 4.69) is 51.9 Å². The second kappa shape index (κ2) is 8.28. The Bertz CT molecular complexity index is 1110. The molecule has 0 spiro atoms. The average molecular weight is 401 g/mol. The number of carbonyl (C=O) groups is 1. The van der Waals surface area contributed by atoms with Gasteiger partial charge in [-0.25, -0.2) is 5.53 Å². The number of thioether (sulfide) groups is 1. The monoisotopic (exact) mass is 401 g/mol. The van der Waals surface area contributed by atoms with Crippen LogP contribution in [0.4, 0.5) is 5.69 Å². The third-order valence-corrected chi connectivity index (χ3v) is 5.82. The van der Waals surface area contributed by atoms with Crippen molar-refractivity contribution in [2.24, 2.45) is 16.1 Å². The third-order valence-electron chi connectivity index (χ3n) is 4.81. The fourth-order valence-electron chi connectivity index (χ4n) is 3.37. The van der Waals surface area contributed by atoms with Gasteiger partial charge in [0.1, 0.15) is 0 Å². The van der Waals surface area contributed by atoms with Crippen LogP contribution in [-0.2, 0) is 6.42 Å². The van der Waals surface area contributed by atoms with Crippen LogP contribution in [0.1, 0.15) is 21.5 Å². The highest BCUT2D eigenvalue weighted by molar-refractivity contribution is 8.00. The van der Waals surface area contributed by atoms with Crippen molar-refractivity contribution in [3.8, 4) is 11.1 Å². The fourth-order valence-corrected chi connectivity index (χ4v) is 4.14. The molecule has 0 radical (unpaired) electrons. The summed E-state index contributed by atoms with van der Waals surface area (Å²) < 4.78 is 0. The van der Waals surface area contributed by atoms with Crippen molar-refractivity contribution in [3.63, 3.8) is 0 Å². The van der Waals surface area contributed by atoms with Gasteiger partial charge in [0.25, 0.3) is 5.91 Å². The molecule has 7 heteroatoms. The summed E-state index contributed by atoms with van der Waals surface area (Å²) >= 11 is 1.45. The molecule has 0 bridgehead atoms. The number of anilines is 1. The van der Waals surface area contributed by atoms with Crippen LogP contribution in [0.5, 0.6) is 0 Å². The Labute approximate surface area is 172 Å². The maximum absolute atomic E-state index is 12.6. The van der Waals surface area contributed by atoms with E-state index in [9.17, 15) is 4.79 Å². The SMILES string of the molecule is N=N/C(CSc1ccc(C(=O)Nc2ccc3c(c2)Cc2ccccc2-3)cc1)=N\N. The van der Waals surface area contributed by atoms with Gasteiger partial charge in [-0.15, -0.1) is 16.9 Å². The summed E-state index contributed by atoms with van der Waals surface area (Å²) in [6.45, 7) is 0. The molecule has 3 aromatic carbocycles. The Balaban J connectivity index is 1.42. The number of carbonyl (C=O) groups excluding carboxylic acids is 1. The molecule has 3 aromatic rings. The largest absolute Gasteiger partial charge is 0.322 e. The van der Waals surface area contributed by atoms with E-state index in [1.54, 1.807) is 12.1 Å². The van der Waals surface area contributed by atoms with Crippen LogP contribution in [-0.4, -0.2) is 17.5 Å². The van der Waals surface area contributed by atoms with Gasteiger partial charge in [0, 0.05) is 16.1 Å². The van der Waals surface area contributed by atoms with E-state index in [1.165, 1.54) is 34.0 Å². The summed E-state index contributed by atoms with van der Waals surface area (Å²) in [5.74, 6) is 5.67. The van der Waals surface area contributed by atoms with Crippen LogP contribution in [0.15, 0.2) is 81.8 Å². The molecule has 0 saturated carbocycles. The summed E-state index contributed by atoms with van der Waals surface area (Å²) in [4.78, 5) is 13.6. The first kappa shape index (κ1) is 18.9. The van der Waals surface area contributed by atoms with Gasteiger partial charge in [-0.2, -0.15) is 5.10 Å². The van der Waals surface area contributed by atoms with Gasteiger partial charge in [0.15, 0.2) is 5.84 Å². The molecule has 4 rings (SSSR count). The maximum atomic E-state index is 12.6. The molecule has 1 aliphatic carbocycles. The molecule has 0 saturated heterocycles. The third kappa shape index (κ3) is 4.05. The number of benzene rings is 3. The number of hydrogen-bond donors (Lipinski definition) is 3. The van der Waals surface area contributed by atoms with E-state index in [-0.39, 0.29) is 11.7 Å². The first-order valence-corrected chi connectivity index (χ1v) is 10.1. The average Bonchev–Trinajstić information content (AvgIpc) is 3.12. The molecule has 0 fully saturated rings. The molecule has 4 N–H and O–H groups in total. The first-order chi connectivity index (χ1) is 14.2. The van der Waals surface area contributed by atoms with E-state index >= 15 is 0 Å². The molecular formula is C22H19N5OS. The highest BCUT2D eigenvalue weighted by atomic mass is 32.2. The fraction of sp³-hybridized carbons (Fsp3) is 0.0909. The van der Waals surface area contributed by atoms with Gasteiger partial charge in [-0.05, 0) is 65.1 Å². The van der Waals surface area contributed by atoms with Gasteiger partial charge in [-0.3, -0.25) is 4.79 Å². The number of nitrogens with two attached hydrogens (primary N) is 1. The van der Waals surface area contributed by atoms with Crippen molar-refractivity contribution in [1.82, 2.24) is 0 Å². The lowest BCUT2D eigenvalue weighted by Crippen LogP contribution is -2.11. The molecule has 6 nitrogen and oxygen atoms in total. The topological polar surface area (TPSA) is 104 Å². The van der Waals surface area contributed by atoms with Crippen molar-refractivity contribution in [1.29, 1.82) is 5.53 Å². The summed E-state index contributed by atoms with van der Waals surface area (Å²) in [6, 6.07) is 21.7. The highest BCUT2D eigenvalue weighted by Gasteiger charge is 2.18. The highest BCUT2D eigenvalue weighted by Crippen LogP contribution is 2.37. The summed E-state index contributed by atoms with van der Waals surface area (Å²) in [6.07, 6.45) is 0.889. The van der Waals surface area contributed by atoms with Gasteiger partial charge >= 0.3 is 0 Å². The van der Waals surface area contributed by atoms with Crippen molar-refractivity contribution in [2.45, 2.75) is 11.3 Å². The van der Waals surface area contributed by atoms with E-state index in [1.807, 2.05) is 18.2 Å². The number of rotatable bonds is 5. The molecule has 29 heavy (non-hydrogen) atoms. The van der Waals surface area contributed by atoms with Crippen LogP contribution in [0, 0.1) is 5.53 Å². The minimum absolute atomic E-state index is 0.151. The zero-order valence-electron chi connectivity index (χ0n) is 15.6. The van der Waals surface area contributed by atoms with E-state index in [0.29, 0.717) is 11.3 Å². The molecule has 0 atom stereocenters. The second-order valence-electron chi connectivity index (χ2n) is 6.63. The standard InChI is InChI=1S/C22H19N5OS/c23-26-21(27-24)13-29-18-8-5-14(6-9-18)22(28)25-17-7-10-20-16(12-17)11-15-3-1-2-4-19(15)20/h1-10,12,23H,11,13,24H2,(H,25,28)/b26-23?,27-21-. The Kier molecular flexibility index (Phi) is 5.39. The molecule has 1 aliphatic rings. The van der Waals surface area contributed by atoms with Gasteiger partial charge < -0.3 is 11.2 Å². The first-order valence-electron chi connectivity index (χ1n) is 9.07. The maximum Gasteiger partial charge on any atom is 0.255 e. The zero-order chi connectivity index (χ0) is 20.2. The lowest BCUT2D eigenvalue weighted by atomic mass is 10.1. The van der Waals surface area contributed by atoms with Crippen LogP contribution >= 0.6 is 11.8 Å². The van der Waals surface area contributed by atoms with Crippen molar-refractivity contribution >= 4 is 29.2 Å². The van der Waals surface area contributed by atoms with Crippen LogP contribution in [0.2, 0.25) is 0 Å². The lowest BCUT2D eigenvalue weighted by molar-refractivity contribution is 0.102. The van der Waals surface area contributed by atoms with Crippen LogP contribution in [0.25, 0.3) is 11.1 Å². The van der Waals surface area contributed by atoms with Crippen molar-refractivity contribution < 1.29 is 4.79 Å². The van der Waals surface area contributed by atoms with Crippen molar-refractivity contribution in [2.75, 3.05) is 11.1 Å². The summed E-state index contributed by atoms with van der Waals surface area (Å²) in [5.41, 5.74) is 13.4. The number of nitrogens with zero attached hydrogens (tertiary/aromatic N) is 2. The number of fused-ring (bicyclic) bond motifs is 3. The molecule has 0 aromatic heterocycles. The Hall–Kier alpha value is -3.45. The molecule has 0 heterocycles. The van der Waals surface area contributed by atoms with Gasteiger partial charge in [0.2, 0.25) is 0 Å². The predicted octanol–water partition coefficient (Wildman–Crippen LogP) is 4.91. The van der Waals surface area contributed by atoms with E-state index < -0.39 is 0 Å². The quantitative estimate of drug-likeness (QED) is 0.111. The van der Waals surface area contributed by atoms with E-state index in [0.717, 1.165) is 17.0 Å². The summed E-state index contributed by atoms with van der Waals surface area (Å²) in [5, 5.41) is 9.65. The molecule has 1 amide bonds. The Morgan fingerprint density at radius 1 is 1.03 bits per heavy atom. The van der Waals surface area contributed by atoms with Crippen LogP contribution < -0.4 is 11.2 Å². The number of hydrazone groups is 1. The van der Waals surface area contributed by atoms with Crippen molar-refractivity contribution in [3.05, 3.63) is 83.4 Å². The van der Waals surface area contributed by atoms with Gasteiger partial charge in [-0.1, -0.05) is 30.3 Å². The number of amides is 1. The predicted molar refractivity (Wildman–Crippen MR) is 117 cm³/mol. The number of amidine groups is 1. The normalized spacial score (nSPS) is 12.2. The molecule has 144 valence electrons. The second-order valence-corrected chi connectivity index (χ2v) is 7.68. The Morgan fingerprint density at radius 2 is 1.79 bits per heavy atom. The number of hydrogen-bond acceptors (Lipinski definition) is 5. The number of nitrogens with one attached hydrogen (secondary N) is 2. The van der Waals surface area contributed by atoms with Crippen LogP contribution in [0.3, 0.4) is 0 Å². The zero-order valence-corrected chi connectivity index (χ0v) is 16.4. The molecular weight excluding hydrogens is 382 g/mol. The lowest BCUT2D eigenvalue weighted by Gasteiger charge is -2.08. The molecule has 0 unspecified atom stereocenters. The van der Waals surface area contributed by atoms with E-state index in [4.69, 9.17) is 11.4 Å².